The number of carbonyl (C=O) groups excluding carboxylic acids is 1. The molecule has 0 bridgehead atoms. The molecular formula is C40H76O4. The first-order valence-corrected chi connectivity index (χ1v) is 19.7. The Labute approximate surface area is 275 Å². The third-order valence-electron chi connectivity index (χ3n) is 8.99. The van der Waals surface area contributed by atoms with Gasteiger partial charge >= 0.3 is 11.9 Å². The number of unbranched alkanes of at least 4 members (excludes halogenated alkanes) is 25. The van der Waals surface area contributed by atoms with Gasteiger partial charge in [0, 0.05) is 12.8 Å². The van der Waals surface area contributed by atoms with Crippen LogP contribution in [0.4, 0.5) is 0 Å². The second kappa shape index (κ2) is 36.2. The average molecular weight is 621 g/mol. The van der Waals surface area contributed by atoms with Crippen LogP contribution in [0.1, 0.15) is 226 Å². The molecule has 0 radical (unpaired) electrons. The van der Waals surface area contributed by atoms with Crippen molar-refractivity contribution in [3.8, 4) is 0 Å². The highest BCUT2D eigenvalue weighted by Gasteiger charge is 2.14. The normalized spacial score (nSPS) is 12.2. The number of hydrogen-bond donors (Lipinski definition) is 1. The van der Waals surface area contributed by atoms with Gasteiger partial charge in [-0.05, 0) is 64.2 Å². The molecule has 1 unspecified atom stereocenters. The molecule has 260 valence electrons. The van der Waals surface area contributed by atoms with Crippen molar-refractivity contribution in [2.45, 2.75) is 232 Å². The molecule has 4 heteroatoms. The molecule has 0 aliphatic heterocycles. The summed E-state index contributed by atoms with van der Waals surface area (Å²) in [4.78, 5) is 23.3. The predicted molar refractivity (Wildman–Crippen MR) is 190 cm³/mol. The Morgan fingerprint density at radius 1 is 0.477 bits per heavy atom. The van der Waals surface area contributed by atoms with E-state index in [0.717, 1.165) is 64.2 Å². The molecule has 4 nitrogen and oxygen atoms in total. The van der Waals surface area contributed by atoms with Gasteiger partial charge in [0.05, 0.1) is 0 Å². The van der Waals surface area contributed by atoms with Crippen LogP contribution in [0.2, 0.25) is 0 Å². The summed E-state index contributed by atoms with van der Waals surface area (Å²) < 4.78 is 5.99. The Hall–Kier alpha value is -1.32. The molecule has 1 atom stereocenters. The molecule has 0 spiro atoms. The molecule has 0 heterocycles. The van der Waals surface area contributed by atoms with E-state index in [1.807, 2.05) is 0 Å². The zero-order valence-corrected chi connectivity index (χ0v) is 29.7. The topological polar surface area (TPSA) is 63.6 Å². The summed E-state index contributed by atoms with van der Waals surface area (Å²) in [6.07, 6.45) is 43.7. The van der Waals surface area contributed by atoms with E-state index in [0.29, 0.717) is 6.42 Å². The molecule has 0 aromatic rings. The van der Waals surface area contributed by atoms with Gasteiger partial charge in [-0.15, -0.1) is 0 Å². The fourth-order valence-corrected chi connectivity index (χ4v) is 6.06. The number of ether oxygens (including phenoxy) is 1. The van der Waals surface area contributed by atoms with Crippen molar-refractivity contribution < 1.29 is 19.4 Å². The Morgan fingerprint density at radius 3 is 1.23 bits per heavy atom. The van der Waals surface area contributed by atoms with Gasteiger partial charge in [0.1, 0.15) is 6.10 Å². The van der Waals surface area contributed by atoms with Crippen LogP contribution < -0.4 is 0 Å². The molecule has 44 heavy (non-hydrogen) atoms. The summed E-state index contributed by atoms with van der Waals surface area (Å²) in [5.41, 5.74) is 0. The second-order valence-electron chi connectivity index (χ2n) is 13.5. The summed E-state index contributed by atoms with van der Waals surface area (Å²) in [5.74, 6) is -0.702. The van der Waals surface area contributed by atoms with Crippen molar-refractivity contribution in [2.75, 3.05) is 0 Å². The van der Waals surface area contributed by atoms with E-state index >= 15 is 0 Å². The highest BCUT2D eigenvalue weighted by atomic mass is 16.5. The molecule has 0 fully saturated rings. The lowest BCUT2D eigenvalue weighted by Gasteiger charge is -2.18. The third-order valence-corrected chi connectivity index (χ3v) is 8.99. The van der Waals surface area contributed by atoms with E-state index in [2.05, 4.69) is 26.0 Å². The number of aliphatic carboxylic acids is 1. The highest BCUT2D eigenvalue weighted by molar-refractivity contribution is 5.69. The lowest BCUT2D eigenvalue weighted by molar-refractivity contribution is -0.150. The minimum atomic E-state index is -0.699. The van der Waals surface area contributed by atoms with Crippen LogP contribution in [0.5, 0.6) is 0 Å². The number of allylic oxidation sites excluding steroid dienone is 2. The molecule has 0 aliphatic carbocycles. The van der Waals surface area contributed by atoms with Crippen LogP contribution in [0.3, 0.4) is 0 Å². The molecule has 0 saturated heterocycles. The van der Waals surface area contributed by atoms with Crippen LogP contribution in [0.25, 0.3) is 0 Å². The van der Waals surface area contributed by atoms with Gasteiger partial charge in [0.2, 0.25) is 0 Å². The Balaban J connectivity index is 3.98. The molecule has 0 aliphatic rings. The summed E-state index contributed by atoms with van der Waals surface area (Å²) in [7, 11) is 0. The van der Waals surface area contributed by atoms with E-state index in [9.17, 15) is 9.59 Å². The summed E-state index contributed by atoms with van der Waals surface area (Å²) >= 11 is 0. The standard InChI is InChI=1S/C40H76O4/c1-3-5-7-9-11-13-15-16-17-18-19-20-22-24-29-33-37-40(43)44-38(35-31-27-25-28-32-36-39(41)42)34-30-26-23-21-14-12-10-8-6-4-2/h17-18,38H,3-16,19-37H2,1-2H3,(H,41,42)/b18-17-. The molecule has 0 aromatic heterocycles. The van der Waals surface area contributed by atoms with Gasteiger partial charge in [0.15, 0.2) is 0 Å². The highest BCUT2D eigenvalue weighted by Crippen LogP contribution is 2.19. The summed E-state index contributed by atoms with van der Waals surface area (Å²) in [6, 6.07) is 0. The number of carboxylic acids is 1. The van der Waals surface area contributed by atoms with Crippen LogP contribution in [0, 0.1) is 0 Å². The maximum Gasteiger partial charge on any atom is 0.306 e. The van der Waals surface area contributed by atoms with Crippen molar-refractivity contribution in [1.29, 1.82) is 0 Å². The van der Waals surface area contributed by atoms with Gasteiger partial charge < -0.3 is 9.84 Å². The smallest absolute Gasteiger partial charge is 0.306 e. The van der Waals surface area contributed by atoms with E-state index < -0.39 is 5.97 Å². The van der Waals surface area contributed by atoms with Crippen molar-refractivity contribution in [2.24, 2.45) is 0 Å². The largest absolute Gasteiger partial charge is 0.481 e. The molecular weight excluding hydrogens is 544 g/mol. The Bertz CT molecular complexity index is 629. The van der Waals surface area contributed by atoms with Crippen molar-refractivity contribution >= 4 is 11.9 Å². The first-order chi connectivity index (χ1) is 21.6. The second-order valence-corrected chi connectivity index (χ2v) is 13.5. The zero-order valence-electron chi connectivity index (χ0n) is 29.7. The predicted octanol–water partition coefficient (Wildman–Crippen LogP) is 13.5. The first-order valence-electron chi connectivity index (χ1n) is 19.7. The molecule has 0 saturated carbocycles. The van der Waals surface area contributed by atoms with Crippen LogP contribution in [-0.2, 0) is 14.3 Å². The maximum absolute atomic E-state index is 12.6. The van der Waals surface area contributed by atoms with E-state index in [4.69, 9.17) is 9.84 Å². The number of carbonyl (C=O) groups is 2. The fourth-order valence-electron chi connectivity index (χ4n) is 6.06. The van der Waals surface area contributed by atoms with Gasteiger partial charge in [-0.1, -0.05) is 161 Å². The van der Waals surface area contributed by atoms with Gasteiger partial charge in [-0.25, -0.2) is 0 Å². The van der Waals surface area contributed by atoms with Crippen LogP contribution in [-0.4, -0.2) is 23.1 Å². The summed E-state index contributed by atoms with van der Waals surface area (Å²) in [6.45, 7) is 4.55. The molecule has 0 rings (SSSR count). The van der Waals surface area contributed by atoms with E-state index in [1.165, 1.54) is 135 Å². The molecule has 0 aromatic carbocycles. The number of carboxylic acid groups (broad SMARTS) is 1. The quantitative estimate of drug-likeness (QED) is 0.0430. The van der Waals surface area contributed by atoms with Crippen molar-refractivity contribution in [3.05, 3.63) is 12.2 Å². The van der Waals surface area contributed by atoms with Crippen LogP contribution >= 0.6 is 0 Å². The van der Waals surface area contributed by atoms with E-state index in [-0.39, 0.29) is 18.5 Å². The van der Waals surface area contributed by atoms with E-state index in [1.54, 1.807) is 0 Å². The average Bonchev–Trinajstić information content (AvgIpc) is 3.00. The molecule has 0 amide bonds. The molecule has 1 N–H and O–H groups in total. The lowest BCUT2D eigenvalue weighted by atomic mass is 10.0. The summed E-state index contributed by atoms with van der Waals surface area (Å²) in [5, 5.41) is 8.80. The minimum absolute atomic E-state index is 0.00293. The zero-order chi connectivity index (χ0) is 32.2. The maximum atomic E-state index is 12.6. The van der Waals surface area contributed by atoms with Gasteiger partial charge in [-0.3, -0.25) is 9.59 Å². The Kier molecular flexibility index (Phi) is 35.1. The third kappa shape index (κ3) is 35.2. The first kappa shape index (κ1) is 42.7. The minimum Gasteiger partial charge on any atom is -0.481 e. The van der Waals surface area contributed by atoms with Gasteiger partial charge in [0.25, 0.3) is 0 Å². The van der Waals surface area contributed by atoms with Crippen molar-refractivity contribution in [1.82, 2.24) is 0 Å². The van der Waals surface area contributed by atoms with Crippen molar-refractivity contribution in [3.63, 3.8) is 0 Å². The number of hydrogen-bond acceptors (Lipinski definition) is 3. The number of esters is 1. The van der Waals surface area contributed by atoms with Crippen LogP contribution in [0.15, 0.2) is 12.2 Å². The monoisotopic (exact) mass is 621 g/mol. The SMILES string of the molecule is CCCCCCCCC/C=C\CCCCCCCC(=O)OC(CCCCCCCCCCCC)CCCCCCCC(=O)O. The Morgan fingerprint density at radius 2 is 0.818 bits per heavy atom. The number of rotatable bonds is 36. The van der Waals surface area contributed by atoms with Gasteiger partial charge in [-0.2, -0.15) is 0 Å². The lowest BCUT2D eigenvalue weighted by Crippen LogP contribution is -2.18. The fraction of sp³-hybridized carbons (Fsp3) is 0.900.